The van der Waals surface area contributed by atoms with E-state index in [-0.39, 0.29) is 12.5 Å². The van der Waals surface area contributed by atoms with Gasteiger partial charge in [0.2, 0.25) is 5.91 Å². The predicted molar refractivity (Wildman–Crippen MR) is 96.6 cm³/mol. The molecule has 1 saturated heterocycles. The summed E-state index contributed by atoms with van der Waals surface area (Å²) >= 11 is 0. The molecule has 2 rings (SSSR count). The third-order valence-electron chi connectivity index (χ3n) is 4.34. The summed E-state index contributed by atoms with van der Waals surface area (Å²) in [6.07, 6.45) is 5.18. The van der Waals surface area contributed by atoms with Crippen molar-refractivity contribution in [1.82, 2.24) is 15.1 Å². The van der Waals surface area contributed by atoms with Gasteiger partial charge in [-0.2, -0.15) is 0 Å². The lowest BCUT2D eigenvalue weighted by Crippen LogP contribution is -2.60. The Morgan fingerprint density at radius 3 is 2.79 bits per heavy atom. The van der Waals surface area contributed by atoms with Crippen LogP contribution >= 0.6 is 0 Å². The number of amides is 1. The van der Waals surface area contributed by atoms with Gasteiger partial charge in [-0.15, -0.1) is 0 Å². The second-order valence-corrected chi connectivity index (χ2v) is 6.89. The second kappa shape index (κ2) is 8.97. The Balaban J connectivity index is 1.95. The first-order valence-corrected chi connectivity index (χ1v) is 8.53. The molecule has 1 amide bonds. The van der Waals surface area contributed by atoms with Crippen molar-refractivity contribution in [2.45, 2.75) is 24.9 Å². The van der Waals surface area contributed by atoms with Crippen molar-refractivity contribution < 1.29 is 9.90 Å². The van der Waals surface area contributed by atoms with Gasteiger partial charge in [-0.3, -0.25) is 9.69 Å². The van der Waals surface area contributed by atoms with Gasteiger partial charge in [0.25, 0.3) is 0 Å². The molecule has 1 heterocycles. The highest BCUT2D eigenvalue weighted by molar-refractivity contribution is 5.88. The molecule has 5 nitrogen and oxygen atoms in total. The molecule has 24 heavy (non-hydrogen) atoms. The fourth-order valence-corrected chi connectivity index (χ4v) is 3.15. The number of hydrogen-bond donors (Lipinski definition) is 2. The van der Waals surface area contributed by atoms with Crippen molar-refractivity contribution in [2.75, 3.05) is 40.3 Å². The summed E-state index contributed by atoms with van der Waals surface area (Å²) in [5.74, 6) is -0.132. The maximum absolute atomic E-state index is 12.2. The molecule has 1 aliphatic heterocycles. The number of piperidine rings is 1. The van der Waals surface area contributed by atoms with Crippen molar-refractivity contribution in [3.8, 4) is 0 Å². The van der Waals surface area contributed by atoms with E-state index in [0.717, 1.165) is 32.5 Å². The third-order valence-corrected chi connectivity index (χ3v) is 4.34. The zero-order valence-electron chi connectivity index (χ0n) is 14.7. The SMILES string of the molecule is CN(C)C/C=C/C(=O)NC1(CO)CCCN(Cc2ccccc2)C1. The zero-order valence-corrected chi connectivity index (χ0v) is 14.7. The summed E-state index contributed by atoms with van der Waals surface area (Å²) in [5, 5.41) is 12.9. The number of likely N-dealkylation sites (N-methyl/N-ethyl adjacent to an activating group) is 1. The van der Waals surface area contributed by atoms with Gasteiger partial charge in [-0.1, -0.05) is 36.4 Å². The summed E-state index contributed by atoms with van der Waals surface area (Å²) in [4.78, 5) is 16.5. The van der Waals surface area contributed by atoms with E-state index in [1.165, 1.54) is 5.56 Å². The van der Waals surface area contributed by atoms with Crippen molar-refractivity contribution >= 4 is 5.91 Å². The molecule has 0 spiro atoms. The van der Waals surface area contributed by atoms with Crippen molar-refractivity contribution in [1.29, 1.82) is 0 Å². The normalized spacial score (nSPS) is 22.2. The quantitative estimate of drug-likeness (QED) is 0.739. The molecule has 1 aliphatic rings. The summed E-state index contributed by atoms with van der Waals surface area (Å²) in [6, 6.07) is 10.3. The summed E-state index contributed by atoms with van der Waals surface area (Å²) < 4.78 is 0. The first-order valence-electron chi connectivity index (χ1n) is 8.53. The van der Waals surface area contributed by atoms with Crippen LogP contribution in [0.15, 0.2) is 42.5 Å². The molecular weight excluding hydrogens is 302 g/mol. The minimum absolute atomic E-state index is 0.0362. The van der Waals surface area contributed by atoms with Crippen LogP contribution in [0.25, 0.3) is 0 Å². The van der Waals surface area contributed by atoms with Crippen LogP contribution in [0.3, 0.4) is 0 Å². The lowest BCUT2D eigenvalue weighted by atomic mass is 9.89. The summed E-state index contributed by atoms with van der Waals surface area (Å²) in [5.41, 5.74) is 0.704. The van der Waals surface area contributed by atoms with Gasteiger partial charge in [0.05, 0.1) is 12.1 Å². The van der Waals surface area contributed by atoms with Crippen LogP contribution in [-0.2, 0) is 11.3 Å². The average Bonchev–Trinajstić information content (AvgIpc) is 2.55. The molecule has 0 aliphatic carbocycles. The van der Waals surface area contributed by atoms with Crippen LogP contribution in [-0.4, -0.2) is 66.7 Å². The van der Waals surface area contributed by atoms with Crippen LogP contribution < -0.4 is 5.32 Å². The number of carbonyl (C=O) groups is 1. The Bertz CT molecular complexity index is 545. The van der Waals surface area contributed by atoms with E-state index >= 15 is 0 Å². The monoisotopic (exact) mass is 331 g/mol. The van der Waals surface area contributed by atoms with Gasteiger partial charge in [-0.25, -0.2) is 0 Å². The number of benzene rings is 1. The van der Waals surface area contributed by atoms with Crippen LogP contribution in [0, 0.1) is 0 Å². The van der Waals surface area contributed by atoms with Gasteiger partial charge in [0.1, 0.15) is 0 Å². The van der Waals surface area contributed by atoms with E-state index in [1.54, 1.807) is 6.08 Å². The molecule has 1 aromatic carbocycles. The third kappa shape index (κ3) is 5.74. The Kier molecular flexibility index (Phi) is 6.97. The average molecular weight is 331 g/mol. The van der Waals surface area contributed by atoms with E-state index < -0.39 is 5.54 Å². The maximum atomic E-state index is 12.2. The van der Waals surface area contributed by atoms with Crippen LogP contribution in [0.5, 0.6) is 0 Å². The van der Waals surface area contributed by atoms with Crippen LogP contribution in [0.2, 0.25) is 0 Å². The van der Waals surface area contributed by atoms with Gasteiger partial charge >= 0.3 is 0 Å². The van der Waals surface area contributed by atoms with Gasteiger partial charge < -0.3 is 15.3 Å². The van der Waals surface area contributed by atoms with Gasteiger partial charge in [-0.05, 0) is 39.0 Å². The fourth-order valence-electron chi connectivity index (χ4n) is 3.15. The Morgan fingerprint density at radius 1 is 1.38 bits per heavy atom. The number of carbonyl (C=O) groups excluding carboxylic acids is 1. The fraction of sp³-hybridized carbons (Fsp3) is 0.526. The van der Waals surface area contributed by atoms with Crippen LogP contribution in [0.4, 0.5) is 0 Å². The minimum atomic E-state index is -0.549. The number of nitrogens with zero attached hydrogens (tertiary/aromatic N) is 2. The summed E-state index contributed by atoms with van der Waals surface area (Å²) in [7, 11) is 3.92. The molecular formula is C19H29N3O2. The van der Waals surface area contributed by atoms with Crippen molar-refractivity contribution in [2.24, 2.45) is 0 Å². The Morgan fingerprint density at radius 2 is 2.12 bits per heavy atom. The molecule has 1 atom stereocenters. The lowest BCUT2D eigenvalue weighted by molar-refractivity contribution is -0.120. The topological polar surface area (TPSA) is 55.8 Å². The highest BCUT2D eigenvalue weighted by Crippen LogP contribution is 2.22. The Labute approximate surface area is 145 Å². The van der Waals surface area contributed by atoms with Crippen molar-refractivity contribution in [3.63, 3.8) is 0 Å². The van der Waals surface area contributed by atoms with E-state index in [9.17, 15) is 9.90 Å². The predicted octanol–water partition coefficient (Wildman–Crippen LogP) is 1.25. The maximum Gasteiger partial charge on any atom is 0.244 e. The molecule has 132 valence electrons. The van der Waals surface area contributed by atoms with Gasteiger partial charge in [0, 0.05) is 25.7 Å². The van der Waals surface area contributed by atoms with Crippen molar-refractivity contribution in [3.05, 3.63) is 48.0 Å². The molecule has 0 aromatic heterocycles. The highest BCUT2D eigenvalue weighted by Gasteiger charge is 2.35. The lowest BCUT2D eigenvalue weighted by Gasteiger charge is -2.42. The Hall–Kier alpha value is -1.69. The smallest absolute Gasteiger partial charge is 0.244 e. The molecule has 0 radical (unpaired) electrons. The molecule has 1 fully saturated rings. The standard InChI is InChI=1S/C19H29N3O2/c1-21(2)12-6-10-18(24)20-19(16-23)11-7-13-22(15-19)14-17-8-4-3-5-9-17/h3-6,8-10,23H,7,11-16H2,1-2H3,(H,20,24)/b10-6+. The number of rotatable bonds is 7. The number of nitrogens with one attached hydrogen (secondary N) is 1. The summed E-state index contributed by atoms with van der Waals surface area (Å²) in [6.45, 7) is 3.19. The van der Waals surface area contributed by atoms with E-state index in [2.05, 4.69) is 22.3 Å². The number of aliphatic hydroxyl groups is 1. The number of hydrogen-bond acceptors (Lipinski definition) is 4. The van der Waals surface area contributed by atoms with E-state index in [0.29, 0.717) is 6.54 Å². The number of likely N-dealkylation sites (tertiary alicyclic amines) is 1. The van der Waals surface area contributed by atoms with E-state index in [1.807, 2.05) is 43.3 Å². The highest BCUT2D eigenvalue weighted by atomic mass is 16.3. The molecule has 5 heteroatoms. The largest absolute Gasteiger partial charge is 0.394 e. The molecule has 1 unspecified atom stereocenters. The molecule has 0 saturated carbocycles. The molecule has 2 N–H and O–H groups in total. The zero-order chi connectivity index (χ0) is 17.4. The first kappa shape index (κ1) is 18.6. The van der Waals surface area contributed by atoms with E-state index in [4.69, 9.17) is 0 Å². The molecule has 0 bridgehead atoms. The molecule has 1 aromatic rings. The van der Waals surface area contributed by atoms with Gasteiger partial charge in [0.15, 0.2) is 0 Å². The minimum Gasteiger partial charge on any atom is -0.394 e. The number of aliphatic hydroxyl groups excluding tert-OH is 1. The first-order chi connectivity index (χ1) is 11.5. The second-order valence-electron chi connectivity index (χ2n) is 6.89. The van der Waals surface area contributed by atoms with Crippen LogP contribution in [0.1, 0.15) is 18.4 Å².